The summed E-state index contributed by atoms with van der Waals surface area (Å²) < 4.78 is 5.68. The number of nitrogens with zero attached hydrogens (tertiary/aromatic N) is 2. The van der Waals surface area contributed by atoms with Crippen molar-refractivity contribution >= 4 is 34.1 Å². The number of anilines is 1. The highest BCUT2D eigenvalue weighted by molar-refractivity contribution is 8.13. The molecular formula is C22H20N4O3S. The molecule has 152 valence electrons. The van der Waals surface area contributed by atoms with E-state index in [1.165, 1.54) is 28.8 Å². The van der Waals surface area contributed by atoms with Crippen molar-refractivity contribution in [2.24, 2.45) is 0 Å². The van der Waals surface area contributed by atoms with Gasteiger partial charge in [0.1, 0.15) is 18.2 Å². The second-order valence-corrected chi connectivity index (χ2v) is 7.20. The summed E-state index contributed by atoms with van der Waals surface area (Å²) in [4.78, 5) is 11.9. The summed E-state index contributed by atoms with van der Waals surface area (Å²) >= 11 is 1.24. The zero-order valence-electron chi connectivity index (χ0n) is 16.0. The molecule has 0 unspecified atom stereocenters. The molecule has 3 aromatic carbocycles. The molecule has 0 amide bonds. The van der Waals surface area contributed by atoms with E-state index < -0.39 is 4.92 Å². The number of thioether (sulfide) groups is 1. The average molecular weight is 420 g/mol. The Hall–Kier alpha value is -3.65. The molecule has 0 radical (unpaired) electrons. The van der Waals surface area contributed by atoms with Crippen molar-refractivity contribution in [1.82, 2.24) is 0 Å². The van der Waals surface area contributed by atoms with E-state index in [9.17, 15) is 10.1 Å². The predicted molar refractivity (Wildman–Crippen MR) is 121 cm³/mol. The zero-order valence-corrected chi connectivity index (χ0v) is 16.8. The molecule has 2 N–H and O–H groups in total. The molecule has 0 fully saturated rings. The molecule has 0 saturated carbocycles. The molecule has 0 heterocycles. The Labute approximate surface area is 178 Å². The molecule has 0 aliphatic rings. The van der Waals surface area contributed by atoms with Crippen molar-refractivity contribution in [3.05, 3.63) is 101 Å². The Balaban J connectivity index is 1.69. The number of ether oxygens (including phenoxy) is 1. The SMILES string of the molecule is N=C(COc1ccccc1)N(C(=N)SCc1ccc([N+](=O)[O-])cc1)c1ccccc1. The van der Waals surface area contributed by atoms with Crippen LogP contribution in [-0.2, 0) is 5.75 Å². The summed E-state index contributed by atoms with van der Waals surface area (Å²) in [5, 5.41) is 28.0. The van der Waals surface area contributed by atoms with Crippen molar-refractivity contribution in [2.75, 3.05) is 11.5 Å². The molecule has 0 aliphatic heterocycles. The van der Waals surface area contributed by atoms with E-state index in [1.54, 1.807) is 12.1 Å². The molecule has 0 aromatic heterocycles. The van der Waals surface area contributed by atoms with Crippen LogP contribution in [0.2, 0.25) is 0 Å². The van der Waals surface area contributed by atoms with E-state index in [0.29, 0.717) is 17.2 Å². The first-order chi connectivity index (χ1) is 14.5. The number of hydrogen-bond donors (Lipinski definition) is 2. The number of non-ortho nitro benzene ring substituents is 1. The highest BCUT2D eigenvalue weighted by atomic mass is 32.2. The third-order valence-electron chi connectivity index (χ3n) is 4.13. The highest BCUT2D eigenvalue weighted by Gasteiger charge is 2.19. The lowest BCUT2D eigenvalue weighted by Crippen LogP contribution is -2.37. The number of nitro groups is 1. The van der Waals surface area contributed by atoms with Crippen LogP contribution in [0.4, 0.5) is 11.4 Å². The fraction of sp³-hybridized carbons (Fsp3) is 0.0909. The normalized spacial score (nSPS) is 10.3. The van der Waals surface area contributed by atoms with Crippen molar-refractivity contribution in [3.8, 4) is 5.75 Å². The monoisotopic (exact) mass is 420 g/mol. The topological polar surface area (TPSA) is 103 Å². The second kappa shape index (κ2) is 10.2. The Morgan fingerprint density at radius 1 is 0.933 bits per heavy atom. The average Bonchev–Trinajstić information content (AvgIpc) is 2.78. The van der Waals surface area contributed by atoms with Crippen molar-refractivity contribution in [2.45, 2.75) is 5.75 Å². The van der Waals surface area contributed by atoms with Crippen molar-refractivity contribution in [1.29, 1.82) is 10.8 Å². The third-order valence-corrected chi connectivity index (χ3v) is 5.06. The summed E-state index contributed by atoms with van der Waals surface area (Å²) in [6.07, 6.45) is 0. The van der Waals surface area contributed by atoms with E-state index in [0.717, 1.165) is 5.56 Å². The Morgan fingerprint density at radius 2 is 1.53 bits per heavy atom. The van der Waals surface area contributed by atoms with Gasteiger partial charge in [-0.2, -0.15) is 0 Å². The van der Waals surface area contributed by atoms with Crippen LogP contribution >= 0.6 is 11.8 Å². The maximum absolute atomic E-state index is 10.8. The molecule has 0 bridgehead atoms. The summed E-state index contributed by atoms with van der Waals surface area (Å²) in [6.45, 7) is 0.0133. The molecule has 3 aromatic rings. The molecule has 30 heavy (non-hydrogen) atoms. The Kier molecular flexibility index (Phi) is 7.18. The van der Waals surface area contributed by atoms with Gasteiger partial charge in [0.25, 0.3) is 5.69 Å². The summed E-state index contributed by atoms with van der Waals surface area (Å²) in [6, 6.07) is 24.7. The van der Waals surface area contributed by atoms with Crippen molar-refractivity contribution in [3.63, 3.8) is 0 Å². The van der Waals surface area contributed by atoms with Crippen LogP contribution in [-0.4, -0.2) is 22.5 Å². The van der Waals surface area contributed by atoms with Gasteiger partial charge in [0, 0.05) is 23.6 Å². The van der Waals surface area contributed by atoms with Gasteiger partial charge >= 0.3 is 0 Å². The second-order valence-electron chi connectivity index (χ2n) is 6.24. The molecular weight excluding hydrogens is 400 g/mol. The Morgan fingerprint density at radius 3 is 2.13 bits per heavy atom. The lowest BCUT2D eigenvalue weighted by molar-refractivity contribution is -0.384. The number of amidine groups is 2. The number of nitro benzene ring substituents is 1. The van der Waals surface area contributed by atoms with Crippen LogP contribution in [0.15, 0.2) is 84.9 Å². The first kappa shape index (κ1) is 21.1. The lowest BCUT2D eigenvalue weighted by atomic mass is 10.2. The summed E-state index contributed by atoms with van der Waals surface area (Å²) in [7, 11) is 0. The quantitative estimate of drug-likeness (QED) is 0.233. The van der Waals surface area contributed by atoms with Crippen LogP contribution in [0.5, 0.6) is 5.75 Å². The molecule has 8 heteroatoms. The zero-order chi connectivity index (χ0) is 21.3. The van der Waals surface area contributed by atoms with E-state index in [4.69, 9.17) is 15.6 Å². The van der Waals surface area contributed by atoms with E-state index in [2.05, 4.69) is 0 Å². The van der Waals surface area contributed by atoms with Crippen LogP contribution in [0.25, 0.3) is 0 Å². The van der Waals surface area contributed by atoms with Crippen LogP contribution in [0.3, 0.4) is 0 Å². The van der Waals surface area contributed by atoms with Crippen LogP contribution in [0.1, 0.15) is 5.56 Å². The van der Waals surface area contributed by atoms with E-state index >= 15 is 0 Å². The summed E-state index contributed by atoms with van der Waals surface area (Å²) in [5.41, 5.74) is 1.58. The minimum Gasteiger partial charge on any atom is -0.486 e. The minimum absolute atomic E-state index is 0.0133. The van der Waals surface area contributed by atoms with Gasteiger partial charge in [-0.1, -0.05) is 60.3 Å². The number of hydrogen-bond acceptors (Lipinski definition) is 6. The molecule has 7 nitrogen and oxygen atoms in total. The number of para-hydroxylation sites is 2. The fourth-order valence-electron chi connectivity index (χ4n) is 2.64. The highest BCUT2D eigenvalue weighted by Crippen LogP contribution is 2.23. The standard InChI is InChI=1S/C22H20N4O3S/c23-21(15-29-20-9-5-2-6-10-20)25(18-7-3-1-4-8-18)22(24)30-16-17-11-13-19(14-12-17)26(27)28/h1-14,23-24H,15-16H2. The molecule has 0 atom stereocenters. The molecule has 0 spiro atoms. The van der Waals surface area contributed by atoms with E-state index in [-0.39, 0.29) is 23.3 Å². The first-order valence-electron chi connectivity index (χ1n) is 9.10. The maximum Gasteiger partial charge on any atom is 0.269 e. The predicted octanol–water partition coefficient (Wildman–Crippen LogP) is 5.33. The third kappa shape index (κ3) is 5.68. The van der Waals surface area contributed by atoms with Gasteiger partial charge in [-0.05, 0) is 29.8 Å². The van der Waals surface area contributed by atoms with Gasteiger partial charge in [0.2, 0.25) is 0 Å². The van der Waals surface area contributed by atoms with Gasteiger partial charge in [-0.15, -0.1) is 0 Å². The molecule has 0 saturated heterocycles. The first-order valence-corrected chi connectivity index (χ1v) is 10.1. The van der Waals surface area contributed by atoms with Gasteiger partial charge in [0.05, 0.1) is 4.92 Å². The van der Waals surface area contributed by atoms with Crippen LogP contribution in [0, 0.1) is 20.9 Å². The lowest BCUT2D eigenvalue weighted by Gasteiger charge is -2.25. The number of rotatable bonds is 7. The Bertz CT molecular complexity index is 1010. The smallest absolute Gasteiger partial charge is 0.269 e. The fourth-order valence-corrected chi connectivity index (χ4v) is 3.48. The molecule has 3 rings (SSSR count). The van der Waals surface area contributed by atoms with E-state index in [1.807, 2.05) is 60.7 Å². The van der Waals surface area contributed by atoms with Gasteiger partial charge in [-0.3, -0.25) is 25.8 Å². The van der Waals surface area contributed by atoms with Gasteiger partial charge in [-0.25, -0.2) is 0 Å². The van der Waals surface area contributed by atoms with Gasteiger partial charge in [0.15, 0.2) is 5.17 Å². The number of benzene rings is 3. The largest absolute Gasteiger partial charge is 0.486 e. The number of nitrogens with one attached hydrogen (secondary N) is 2. The molecule has 0 aliphatic carbocycles. The minimum atomic E-state index is -0.440. The maximum atomic E-state index is 10.8. The summed E-state index contributed by atoms with van der Waals surface area (Å²) in [5.74, 6) is 1.24. The van der Waals surface area contributed by atoms with Crippen molar-refractivity contribution < 1.29 is 9.66 Å². The van der Waals surface area contributed by atoms with Gasteiger partial charge < -0.3 is 4.74 Å². The van der Waals surface area contributed by atoms with Crippen LogP contribution < -0.4 is 9.64 Å².